The van der Waals surface area contributed by atoms with Gasteiger partial charge in [-0.25, -0.2) is 4.79 Å². The number of hydrogen-bond acceptors (Lipinski definition) is 6. The quantitative estimate of drug-likeness (QED) is 0.0798. The van der Waals surface area contributed by atoms with Crippen molar-refractivity contribution in [2.45, 2.75) is 97.8 Å². The second-order valence-corrected chi connectivity index (χ2v) is 9.82. The van der Waals surface area contributed by atoms with Crippen LogP contribution in [0.1, 0.15) is 73.6 Å². The zero-order valence-electron chi connectivity index (χ0n) is 22.5. The molecule has 0 heterocycles. The van der Waals surface area contributed by atoms with Gasteiger partial charge in [-0.1, -0.05) is 54.4 Å². The lowest BCUT2D eigenvalue weighted by molar-refractivity contribution is -0.143. The zero-order valence-corrected chi connectivity index (χ0v) is 22.5. The third-order valence-electron chi connectivity index (χ3n) is 6.25. The van der Waals surface area contributed by atoms with Gasteiger partial charge in [0.25, 0.3) is 0 Å². The molecule has 12 nitrogen and oxygen atoms in total. The summed E-state index contributed by atoms with van der Waals surface area (Å²) in [7, 11) is 0. The highest BCUT2D eigenvalue weighted by atomic mass is 16.4. The van der Waals surface area contributed by atoms with Crippen molar-refractivity contribution in [3.8, 4) is 0 Å². The molecule has 6 unspecified atom stereocenters. The molecule has 0 rings (SSSR count). The number of guanidine groups is 1. The van der Waals surface area contributed by atoms with E-state index in [4.69, 9.17) is 17.2 Å². The van der Waals surface area contributed by atoms with Gasteiger partial charge < -0.3 is 38.3 Å². The van der Waals surface area contributed by atoms with Crippen LogP contribution in [0.2, 0.25) is 0 Å². The summed E-state index contributed by atoms with van der Waals surface area (Å²) >= 11 is 0. The monoisotopic (exact) mass is 513 g/mol. The topological polar surface area (TPSA) is 215 Å². The van der Waals surface area contributed by atoms with E-state index in [2.05, 4.69) is 20.9 Å². The maximum Gasteiger partial charge on any atom is 0.326 e. The number of carboxylic acids is 1. The van der Waals surface area contributed by atoms with Crippen LogP contribution in [0.25, 0.3) is 0 Å². The molecule has 0 aromatic rings. The van der Waals surface area contributed by atoms with Gasteiger partial charge in [0.1, 0.15) is 18.1 Å². The molecule has 208 valence electrons. The Morgan fingerprint density at radius 2 is 1.39 bits per heavy atom. The number of carbonyl (C=O) groups excluding carboxylic acids is 3. The largest absolute Gasteiger partial charge is 0.480 e. The Bertz CT molecular complexity index is 755. The zero-order chi connectivity index (χ0) is 28.0. The fourth-order valence-corrected chi connectivity index (χ4v) is 3.46. The van der Waals surface area contributed by atoms with E-state index in [9.17, 15) is 24.3 Å². The van der Waals surface area contributed by atoms with E-state index in [1.165, 1.54) is 0 Å². The van der Waals surface area contributed by atoms with Gasteiger partial charge in [0.05, 0.1) is 6.04 Å². The fraction of sp³-hybridized carbons (Fsp3) is 0.792. The molecule has 0 spiro atoms. The first kappa shape index (κ1) is 33.1. The molecule has 0 aliphatic carbocycles. The van der Waals surface area contributed by atoms with Crippen molar-refractivity contribution in [1.29, 1.82) is 0 Å². The Labute approximate surface area is 214 Å². The summed E-state index contributed by atoms with van der Waals surface area (Å²) in [6.07, 6.45) is 2.10. The van der Waals surface area contributed by atoms with Crippen molar-refractivity contribution in [2.24, 2.45) is 39.9 Å². The van der Waals surface area contributed by atoms with Gasteiger partial charge in [0.15, 0.2) is 5.96 Å². The average molecular weight is 514 g/mol. The van der Waals surface area contributed by atoms with Crippen LogP contribution < -0.4 is 33.2 Å². The third kappa shape index (κ3) is 12.2. The van der Waals surface area contributed by atoms with Crippen LogP contribution in [0.15, 0.2) is 4.99 Å². The summed E-state index contributed by atoms with van der Waals surface area (Å²) in [6, 6.07) is -3.85. The summed E-state index contributed by atoms with van der Waals surface area (Å²) in [5.41, 5.74) is 16.7. The molecule has 0 aliphatic heterocycles. The standard InChI is InChI=1S/C24H47N7O5/c1-7-14(5)18(25)21(33)29-16(10-9-11-28-24(26)27)20(32)31-19(15(6)8-2)22(34)30-17(23(35)36)12-13(3)4/h13-19H,7-12,25H2,1-6H3,(H,29,33)(H,30,34)(H,31,32)(H,35,36)(H4,26,27,28). The Balaban J connectivity index is 5.70. The molecule has 36 heavy (non-hydrogen) atoms. The van der Waals surface area contributed by atoms with Crippen molar-refractivity contribution in [3.05, 3.63) is 0 Å². The van der Waals surface area contributed by atoms with Gasteiger partial charge in [-0.3, -0.25) is 19.4 Å². The van der Waals surface area contributed by atoms with Crippen LogP contribution in [0.5, 0.6) is 0 Å². The first-order valence-electron chi connectivity index (χ1n) is 12.7. The van der Waals surface area contributed by atoms with Crippen LogP contribution in [-0.4, -0.2) is 65.5 Å². The van der Waals surface area contributed by atoms with Crippen molar-refractivity contribution in [3.63, 3.8) is 0 Å². The minimum Gasteiger partial charge on any atom is -0.480 e. The van der Waals surface area contributed by atoms with Crippen molar-refractivity contribution < 1.29 is 24.3 Å². The molecule has 0 saturated heterocycles. The lowest BCUT2D eigenvalue weighted by Gasteiger charge is -2.28. The van der Waals surface area contributed by atoms with E-state index in [0.717, 1.165) is 0 Å². The van der Waals surface area contributed by atoms with Crippen LogP contribution >= 0.6 is 0 Å². The molecule has 0 aromatic carbocycles. The number of nitrogens with two attached hydrogens (primary N) is 3. The highest BCUT2D eigenvalue weighted by Crippen LogP contribution is 2.12. The number of nitrogens with zero attached hydrogens (tertiary/aromatic N) is 1. The van der Waals surface area contributed by atoms with Gasteiger partial charge in [0, 0.05) is 6.54 Å². The van der Waals surface area contributed by atoms with Crippen molar-refractivity contribution >= 4 is 29.7 Å². The molecule has 0 fully saturated rings. The second kappa shape index (κ2) is 16.7. The first-order chi connectivity index (χ1) is 16.7. The summed E-state index contributed by atoms with van der Waals surface area (Å²) in [6.45, 7) is 11.4. The van der Waals surface area contributed by atoms with Gasteiger partial charge in [0.2, 0.25) is 17.7 Å². The predicted octanol–water partition coefficient (Wildman–Crippen LogP) is 0.0446. The molecule has 0 aliphatic rings. The second-order valence-electron chi connectivity index (χ2n) is 9.82. The van der Waals surface area contributed by atoms with E-state index in [1.54, 1.807) is 6.92 Å². The number of amides is 3. The molecule has 0 saturated carbocycles. The van der Waals surface area contributed by atoms with Gasteiger partial charge in [-0.05, 0) is 37.0 Å². The lowest BCUT2D eigenvalue weighted by atomic mass is 9.96. The Morgan fingerprint density at radius 3 is 1.86 bits per heavy atom. The maximum atomic E-state index is 13.3. The molecule has 0 aromatic heterocycles. The Morgan fingerprint density at radius 1 is 0.833 bits per heavy atom. The van der Waals surface area contributed by atoms with Crippen LogP contribution in [-0.2, 0) is 19.2 Å². The van der Waals surface area contributed by atoms with Gasteiger partial charge in [-0.2, -0.15) is 0 Å². The highest BCUT2D eigenvalue weighted by molar-refractivity contribution is 5.94. The maximum absolute atomic E-state index is 13.3. The van der Waals surface area contributed by atoms with E-state index in [1.807, 2.05) is 34.6 Å². The molecule has 0 radical (unpaired) electrons. The number of nitrogens with one attached hydrogen (secondary N) is 3. The predicted molar refractivity (Wildman–Crippen MR) is 140 cm³/mol. The summed E-state index contributed by atoms with van der Waals surface area (Å²) < 4.78 is 0. The summed E-state index contributed by atoms with van der Waals surface area (Å²) in [5, 5.41) is 17.5. The molecule has 12 heteroatoms. The normalized spacial score (nSPS) is 16.1. The lowest BCUT2D eigenvalue weighted by Crippen LogP contribution is -2.59. The number of carbonyl (C=O) groups is 4. The molecule has 10 N–H and O–H groups in total. The smallest absolute Gasteiger partial charge is 0.326 e. The minimum atomic E-state index is -1.14. The van der Waals surface area contributed by atoms with Crippen molar-refractivity contribution in [1.82, 2.24) is 16.0 Å². The highest BCUT2D eigenvalue weighted by Gasteiger charge is 2.33. The Hall–Kier alpha value is -2.89. The average Bonchev–Trinajstić information content (AvgIpc) is 2.81. The number of aliphatic imine (C=N–C) groups is 1. The molecular weight excluding hydrogens is 466 g/mol. The van der Waals surface area contributed by atoms with Crippen LogP contribution in [0, 0.1) is 17.8 Å². The van der Waals surface area contributed by atoms with Gasteiger partial charge >= 0.3 is 5.97 Å². The number of hydrogen-bond donors (Lipinski definition) is 7. The van der Waals surface area contributed by atoms with E-state index in [0.29, 0.717) is 19.3 Å². The van der Waals surface area contributed by atoms with E-state index >= 15 is 0 Å². The molecule has 3 amide bonds. The van der Waals surface area contributed by atoms with E-state index in [-0.39, 0.29) is 43.1 Å². The number of rotatable bonds is 17. The fourth-order valence-electron chi connectivity index (χ4n) is 3.46. The first-order valence-corrected chi connectivity index (χ1v) is 12.7. The molecule has 6 atom stereocenters. The molecule has 0 bridgehead atoms. The Kier molecular flexibility index (Phi) is 15.4. The third-order valence-corrected chi connectivity index (χ3v) is 6.25. The SMILES string of the molecule is CCC(C)C(N)C(=O)NC(CCCN=C(N)N)C(=O)NC(C(=O)NC(CC(C)C)C(=O)O)C(C)CC. The minimum absolute atomic E-state index is 0.0440. The van der Waals surface area contributed by atoms with E-state index < -0.39 is 47.9 Å². The van der Waals surface area contributed by atoms with Crippen LogP contribution in [0.4, 0.5) is 0 Å². The number of aliphatic carboxylic acids is 1. The summed E-state index contributed by atoms with van der Waals surface area (Å²) in [4.78, 5) is 54.5. The van der Waals surface area contributed by atoms with Crippen molar-refractivity contribution in [2.75, 3.05) is 6.54 Å². The van der Waals surface area contributed by atoms with Crippen LogP contribution in [0.3, 0.4) is 0 Å². The van der Waals surface area contributed by atoms with Gasteiger partial charge in [-0.15, -0.1) is 0 Å². The summed E-state index contributed by atoms with van der Waals surface area (Å²) in [5.74, 6) is -3.20. The molecular formula is C24H47N7O5. The number of carboxylic acid groups (broad SMARTS) is 1.